The number of alkyl halides is 3. The van der Waals surface area contributed by atoms with E-state index in [4.69, 9.17) is 34.8 Å². The Morgan fingerprint density at radius 3 is 2.42 bits per heavy atom. The lowest BCUT2D eigenvalue weighted by Crippen LogP contribution is -2.09. The average Bonchev–Trinajstić information content (AvgIpc) is 2.61. The molecule has 1 heterocycles. The maximum absolute atomic E-state index is 10.7. The van der Waals surface area contributed by atoms with E-state index < -0.39 is 8.72 Å². The lowest BCUT2D eigenvalue weighted by atomic mass is 10.2. The standard InChI is InChI=1S/C16H10Cl3N5O2/c17-16(18,19)15-21-13-4-2-1-3-12(13)14(22-15)23-20-9-10-5-7-11(8-6-10)24(25)26/h1-9H,(H,21,22,23). The Morgan fingerprint density at radius 1 is 1.08 bits per heavy atom. The van der Waals surface area contributed by atoms with Crippen LogP contribution in [0.15, 0.2) is 53.6 Å². The fourth-order valence-electron chi connectivity index (χ4n) is 2.14. The Labute approximate surface area is 162 Å². The molecule has 0 unspecified atom stereocenters. The van der Waals surface area contributed by atoms with Crippen LogP contribution in [0.1, 0.15) is 11.4 Å². The van der Waals surface area contributed by atoms with E-state index in [1.54, 1.807) is 30.3 Å². The Balaban J connectivity index is 1.89. The number of para-hydroxylation sites is 1. The normalized spacial score (nSPS) is 11.8. The van der Waals surface area contributed by atoms with Crippen LogP contribution in [0.5, 0.6) is 0 Å². The van der Waals surface area contributed by atoms with Gasteiger partial charge in [-0.3, -0.25) is 15.5 Å². The molecule has 0 atom stereocenters. The van der Waals surface area contributed by atoms with Crippen molar-refractivity contribution in [3.8, 4) is 0 Å². The van der Waals surface area contributed by atoms with Crippen molar-refractivity contribution in [3.05, 3.63) is 70.0 Å². The number of non-ortho nitro benzene ring substituents is 1. The van der Waals surface area contributed by atoms with Gasteiger partial charge in [0.05, 0.1) is 16.7 Å². The van der Waals surface area contributed by atoms with E-state index in [0.717, 1.165) is 0 Å². The van der Waals surface area contributed by atoms with E-state index in [1.165, 1.54) is 18.3 Å². The molecule has 0 spiro atoms. The van der Waals surface area contributed by atoms with Crippen LogP contribution in [-0.4, -0.2) is 21.1 Å². The van der Waals surface area contributed by atoms with Gasteiger partial charge in [0.1, 0.15) is 0 Å². The number of hydrogen-bond donors (Lipinski definition) is 1. The molecule has 0 aliphatic carbocycles. The summed E-state index contributed by atoms with van der Waals surface area (Å²) in [5.41, 5.74) is 4.06. The Morgan fingerprint density at radius 2 is 1.77 bits per heavy atom. The van der Waals surface area contributed by atoms with E-state index in [9.17, 15) is 10.1 Å². The van der Waals surface area contributed by atoms with Crippen molar-refractivity contribution >= 4 is 63.4 Å². The zero-order chi connectivity index (χ0) is 18.7. The first-order valence-electron chi connectivity index (χ1n) is 7.22. The lowest BCUT2D eigenvalue weighted by molar-refractivity contribution is -0.384. The third-order valence-corrected chi connectivity index (χ3v) is 3.85. The number of nitro groups is 1. The number of hydrazone groups is 1. The molecule has 0 bridgehead atoms. The van der Waals surface area contributed by atoms with Gasteiger partial charge in [-0.15, -0.1) is 0 Å². The van der Waals surface area contributed by atoms with Crippen LogP contribution in [0, 0.1) is 10.1 Å². The average molecular weight is 411 g/mol. The molecule has 7 nitrogen and oxygen atoms in total. The first-order chi connectivity index (χ1) is 12.3. The molecule has 0 radical (unpaired) electrons. The number of benzene rings is 2. The smallest absolute Gasteiger partial charge is 0.261 e. The summed E-state index contributed by atoms with van der Waals surface area (Å²) in [5.74, 6) is 0.393. The maximum Gasteiger partial charge on any atom is 0.269 e. The second kappa shape index (κ2) is 7.41. The maximum atomic E-state index is 10.7. The van der Waals surface area contributed by atoms with Gasteiger partial charge in [0, 0.05) is 17.5 Å². The molecule has 2 aromatic carbocycles. The lowest BCUT2D eigenvalue weighted by Gasteiger charge is -2.12. The largest absolute Gasteiger partial charge is 0.269 e. The Kier molecular flexibility index (Phi) is 5.22. The van der Waals surface area contributed by atoms with Gasteiger partial charge in [-0.1, -0.05) is 46.9 Å². The number of nitrogens with zero attached hydrogens (tertiary/aromatic N) is 4. The van der Waals surface area contributed by atoms with Gasteiger partial charge >= 0.3 is 0 Å². The topological polar surface area (TPSA) is 93.3 Å². The van der Waals surface area contributed by atoms with E-state index in [2.05, 4.69) is 20.5 Å². The van der Waals surface area contributed by atoms with Crippen LogP contribution in [0.4, 0.5) is 11.5 Å². The van der Waals surface area contributed by atoms with Crippen molar-refractivity contribution < 1.29 is 4.92 Å². The van der Waals surface area contributed by atoms with Gasteiger partial charge in [-0.2, -0.15) is 5.10 Å². The number of halogens is 3. The van der Waals surface area contributed by atoms with Crippen LogP contribution in [0.3, 0.4) is 0 Å². The molecule has 1 aromatic heterocycles. The van der Waals surface area contributed by atoms with Crippen LogP contribution < -0.4 is 5.43 Å². The summed E-state index contributed by atoms with van der Waals surface area (Å²) in [6.45, 7) is 0. The zero-order valence-electron chi connectivity index (χ0n) is 12.9. The first-order valence-corrected chi connectivity index (χ1v) is 8.35. The number of hydrogen-bond acceptors (Lipinski definition) is 6. The molecular formula is C16H10Cl3N5O2. The quantitative estimate of drug-likeness (QED) is 0.288. The summed E-state index contributed by atoms with van der Waals surface area (Å²) >= 11 is 17.7. The molecule has 0 saturated carbocycles. The van der Waals surface area contributed by atoms with E-state index in [0.29, 0.717) is 22.3 Å². The summed E-state index contributed by atoms with van der Waals surface area (Å²) in [6.07, 6.45) is 1.50. The van der Waals surface area contributed by atoms with Gasteiger partial charge in [0.25, 0.3) is 5.69 Å². The number of nitro benzene ring substituents is 1. The number of rotatable bonds is 4. The van der Waals surface area contributed by atoms with Crippen LogP contribution >= 0.6 is 34.8 Å². The molecule has 0 fully saturated rings. The zero-order valence-corrected chi connectivity index (χ0v) is 15.2. The number of anilines is 1. The highest BCUT2D eigenvalue weighted by molar-refractivity contribution is 6.66. The highest BCUT2D eigenvalue weighted by Gasteiger charge is 2.28. The number of aromatic nitrogens is 2. The Hall–Kier alpha value is -2.48. The van der Waals surface area contributed by atoms with Gasteiger partial charge < -0.3 is 0 Å². The molecule has 1 N–H and O–H groups in total. The van der Waals surface area contributed by atoms with Crippen molar-refractivity contribution in [1.82, 2.24) is 9.97 Å². The molecule has 0 amide bonds. The van der Waals surface area contributed by atoms with E-state index in [1.807, 2.05) is 6.07 Å². The third-order valence-electron chi connectivity index (χ3n) is 3.34. The second-order valence-corrected chi connectivity index (χ2v) is 7.41. The van der Waals surface area contributed by atoms with Gasteiger partial charge in [-0.05, 0) is 29.8 Å². The molecule has 10 heteroatoms. The SMILES string of the molecule is O=[N+]([O-])c1ccc(C=NNc2nc(C(Cl)(Cl)Cl)nc3ccccc23)cc1. The third kappa shape index (κ3) is 4.19. The van der Waals surface area contributed by atoms with Crippen molar-refractivity contribution in [2.45, 2.75) is 3.79 Å². The first kappa shape index (κ1) is 18.3. The van der Waals surface area contributed by atoms with Crippen LogP contribution in [-0.2, 0) is 3.79 Å². The molecule has 0 aliphatic heterocycles. The van der Waals surface area contributed by atoms with Crippen LogP contribution in [0.2, 0.25) is 0 Å². The summed E-state index contributed by atoms with van der Waals surface area (Å²) < 4.78 is -1.78. The van der Waals surface area contributed by atoms with Gasteiger partial charge in [-0.25, -0.2) is 9.97 Å². The molecule has 3 rings (SSSR count). The predicted molar refractivity (Wildman–Crippen MR) is 103 cm³/mol. The van der Waals surface area contributed by atoms with Crippen LogP contribution in [0.25, 0.3) is 10.9 Å². The molecular weight excluding hydrogens is 401 g/mol. The summed E-state index contributed by atoms with van der Waals surface area (Å²) in [4.78, 5) is 18.7. The highest BCUT2D eigenvalue weighted by atomic mass is 35.6. The molecule has 3 aromatic rings. The molecule has 0 aliphatic rings. The monoisotopic (exact) mass is 409 g/mol. The minimum atomic E-state index is -1.78. The fraction of sp³-hybridized carbons (Fsp3) is 0.0625. The number of nitrogens with one attached hydrogen (secondary N) is 1. The van der Waals surface area contributed by atoms with Crippen molar-refractivity contribution in [3.63, 3.8) is 0 Å². The minimum absolute atomic E-state index is 0.00391. The van der Waals surface area contributed by atoms with Crippen molar-refractivity contribution in [2.24, 2.45) is 5.10 Å². The van der Waals surface area contributed by atoms with E-state index >= 15 is 0 Å². The predicted octanol–water partition coefficient (Wildman–Crippen LogP) is 4.81. The molecule has 132 valence electrons. The Bertz CT molecular complexity index is 987. The summed E-state index contributed by atoms with van der Waals surface area (Å²) in [5, 5.41) is 15.5. The molecule has 0 saturated heterocycles. The van der Waals surface area contributed by atoms with E-state index in [-0.39, 0.29) is 11.5 Å². The molecule has 26 heavy (non-hydrogen) atoms. The van der Waals surface area contributed by atoms with Crippen molar-refractivity contribution in [1.29, 1.82) is 0 Å². The van der Waals surface area contributed by atoms with Gasteiger partial charge in [0.15, 0.2) is 11.6 Å². The fourth-order valence-corrected chi connectivity index (χ4v) is 2.39. The van der Waals surface area contributed by atoms with Crippen molar-refractivity contribution in [2.75, 3.05) is 5.43 Å². The van der Waals surface area contributed by atoms with Gasteiger partial charge in [0.2, 0.25) is 3.79 Å². The summed E-state index contributed by atoms with van der Waals surface area (Å²) in [7, 11) is 0. The summed E-state index contributed by atoms with van der Waals surface area (Å²) in [6, 6.07) is 13.1. The second-order valence-electron chi connectivity index (χ2n) is 5.13. The number of fused-ring (bicyclic) bond motifs is 1. The minimum Gasteiger partial charge on any atom is -0.261 e. The highest BCUT2D eigenvalue weighted by Crippen LogP contribution is 2.37.